The number of carbonyl (C=O) groups is 2. The molecule has 1 aromatic heterocycles. The van der Waals surface area contributed by atoms with Gasteiger partial charge in [-0.15, -0.1) is 0 Å². The van der Waals surface area contributed by atoms with Crippen molar-refractivity contribution in [1.29, 1.82) is 0 Å². The zero-order valence-corrected chi connectivity index (χ0v) is 16.1. The zero-order valence-electron chi connectivity index (χ0n) is 16.1. The molecule has 30 heavy (non-hydrogen) atoms. The summed E-state index contributed by atoms with van der Waals surface area (Å²) in [5, 5.41) is 24.2. The highest BCUT2D eigenvalue weighted by atomic mass is 16.5. The summed E-state index contributed by atoms with van der Waals surface area (Å²) in [6.07, 6.45) is -3.32. The lowest BCUT2D eigenvalue weighted by atomic mass is 9.94. The number of nitrogens with one attached hydrogen (secondary N) is 2. The van der Waals surface area contributed by atoms with Crippen LogP contribution in [0.5, 0.6) is 5.75 Å². The minimum Gasteiger partial charge on any atom is -0.497 e. The molecule has 1 unspecified atom stereocenters. The molecule has 0 spiro atoms. The third-order valence-corrected chi connectivity index (χ3v) is 5.98. The molecule has 0 saturated carbocycles. The fourth-order valence-electron chi connectivity index (χ4n) is 4.47. The number of hydrogen-bond donors (Lipinski definition) is 5. The first-order valence-corrected chi connectivity index (χ1v) is 9.65. The van der Waals surface area contributed by atoms with Crippen LogP contribution in [0.2, 0.25) is 0 Å². The monoisotopic (exact) mass is 411 g/mol. The molecule has 2 aliphatic rings. The Balaban J connectivity index is 1.72. The van der Waals surface area contributed by atoms with E-state index in [0.717, 1.165) is 10.9 Å². The summed E-state index contributed by atoms with van der Waals surface area (Å²) in [5.41, 5.74) is 8.34. The van der Waals surface area contributed by atoms with Crippen LogP contribution < -0.4 is 15.8 Å². The fraction of sp³-hybridized carbons (Fsp3) is 0.333. The Morgan fingerprint density at radius 3 is 2.60 bits per heavy atom. The summed E-state index contributed by atoms with van der Waals surface area (Å²) in [5.74, 6) is -0.301. The van der Waals surface area contributed by atoms with Crippen LogP contribution >= 0.6 is 0 Å². The van der Waals surface area contributed by atoms with Gasteiger partial charge in [0.05, 0.1) is 36.0 Å². The highest BCUT2D eigenvalue weighted by Gasteiger charge is 2.42. The van der Waals surface area contributed by atoms with E-state index in [4.69, 9.17) is 15.2 Å². The minimum absolute atomic E-state index is 0.0808. The van der Waals surface area contributed by atoms with E-state index >= 15 is 0 Å². The molecule has 9 heteroatoms. The largest absolute Gasteiger partial charge is 0.497 e. The molecular formula is C21H21N3O6. The predicted octanol–water partition coefficient (Wildman–Crippen LogP) is 0.204. The van der Waals surface area contributed by atoms with Crippen molar-refractivity contribution >= 4 is 33.6 Å². The van der Waals surface area contributed by atoms with Crippen molar-refractivity contribution in [2.24, 2.45) is 5.73 Å². The van der Waals surface area contributed by atoms with Crippen molar-refractivity contribution in [2.75, 3.05) is 13.7 Å². The zero-order chi connectivity index (χ0) is 21.2. The van der Waals surface area contributed by atoms with Crippen LogP contribution in [0.4, 0.5) is 0 Å². The summed E-state index contributed by atoms with van der Waals surface area (Å²) in [4.78, 5) is 28.2. The summed E-state index contributed by atoms with van der Waals surface area (Å²) in [6.45, 7) is 0.0808. The van der Waals surface area contributed by atoms with Crippen LogP contribution in [0.1, 0.15) is 26.3 Å². The molecule has 0 aliphatic carbocycles. The van der Waals surface area contributed by atoms with Gasteiger partial charge in [0.15, 0.2) is 0 Å². The summed E-state index contributed by atoms with van der Waals surface area (Å²) >= 11 is 0. The van der Waals surface area contributed by atoms with Gasteiger partial charge in [-0.3, -0.25) is 14.9 Å². The number of aliphatic hydroxyl groups excluding tert-OH is 2. The second-order valence-corrected chi connectivity index (χ2v) is 7.66. The van der Waals surface area contributed by atoms with Crippen molar-refractivity contribution in [1.82, 2.24) is 10.3 Å². The number of fused-ring (bicyclic) bond motifs is 5. The number of methoxy groups -OCH3 is 1. The predicted molar refractivity (Wildman–Crippen MR) is 108 cm³/mol. The summed E-state index contributed by atoms with van der Waals surface area (Å²) in [6, 6.07) is 7.09. The molecule has 3 heterocycles. The first-order valence-electron chi connectivity index (χ1n) is 9.65. The molecule has 2 aliphatic heterocycles. The molecule has 9 nitrogen and oxygen atoms in total. The number of amides is 2. The Kier molecular flexibility index (Phi) is 4.30. The average molecular weight is 411 g/mol. The number of nitrogens with two attached hydrogens (primary N) is 1. The lowest BCUT2D eigenvalue weighted by Gasteiger charge is -2.16. The van der Waals surface area contributed by atoms with E-state index in [-0.39, 0.29) is 18.5 Å². The summed E-state index contributed by atoms with van der Waals surface area (Å²) < 4.78 is 11.1. The van der Waals surface area contributed by atoms with Crippen LogP contribution in [0.15, 0.2) is 24.3 Å². The second-order valence-electron chi connectivity index (χ2n) is 7.66. The van der Waals surface area contributed by atoms with Crippen molar-refractivity contribution < 1.29 is 29.3 Å². The van der Waals surface area contributed by atoms with E-state index in [1.54, 1.807) is 19.2 Å². The van der Waals surface area contributed by atoms with Crippen LogP contribution in [0.3, 0.4) is 0 Å². The summed E-state index contributed by atoms with van der Waals surface area (Å²) in [7, 11) is 1.56. The van der Waals surface area contributed by atoms with Crippen LogP contribution in [-0.4, -0.2) is 65.1 Å². The molecule has 5 rings (SSSR count). The normalized spacial score (nSPS) is 25.9. The topological polar surface area (TPSA) is 147 Å². The molecule has 4 atom stereocenters. The molecule has 0 bridgehead atoms. The molecule has 3 aromatic rings. The number of carbonyl (C=O) groups excluding carboxylic acids is 2. The number of rotatable bonds is 4. The maximum atomic E-state index is 12.5. The number of H-pyrrole nitrogens is 1. The first kappa shape index (κ1) is 19.0. The molecular weight excluding hydrogens is 390 g/mol. The highest BCUT2D eigenvalue weighted by molar-refractivity contribution is 6.30. The molecule has 156 valence electrons. The number of imide groups is 1. The van der Waals surface area contributed by atoms with Gasteiger partial charge in [0, 0.05) is 29.3 Å². The van der Waals surface area contributed by atoms with E-state index in [1.165, 1.54) is 0 Å². The highest BCUT2D eigenvalue weighted by Crippen LogP contribution is 2.38. The number of benzene rings is 2. The van der Waals surface area contributed by atoms with Gasteiger partial charge in [-0.2, -0.15) is 0 Å². The number of aliphatic hydroxyl groups is 2. The molecule has 1 fully saturated rings. The quantitative estimate of drug-likeness (QED) is 0.386. The van der Waals surface area contributed by atoms with E-state index in [1.807, 2.05) is 12.1 Å². The third-order valence-electron chi connectivity index (χ3n) is 5.98. The maximum Gasteiger partial charge on any atom is 0.259 e. The van der Waals surface area contributed by atoms with Crippen LogP contribution in [0, 0.1) is 0 Å². The van der Waals surface area contributed by atoms with Gasteiger partial charge in [-0.05, 0) is 29.8 Å². The minimum atomic E-state index is -1.11. The van der Waals surface area contributed by atoms with Crippen LogP contribution in [-0.2, 0) is 11.2 Å². The van der Waals surface area contributed by atoms with Crippen molar-refractivity contribution in [3.05, 3.63) is 41.0 Å². The Labute approximate surface area is 170 Å². The number of aromatic nitrogens is 1. The fourth-order valence-corrected chi connectivity index (χ4v) is 4.47. The van der Waals surface area contributed by atoms with Gasteiger partial charge in [0.25, 0.3) is 11.8 Å². The lowest BCUT2D eigenvalue weighted by Crippen LogP contribution is -2.36. The molecule has 2 amide bonds. The van der Waals surface area contributed by atoms with Crippen LogP contribution in [0.25, 0.3) is 21.8 Å². The first-order chi connectivity index (χ1) is 14.4. The van der Waals surface area contributed by atoms with E-state index in [2.05, 4.69) is 10.3 Å². The van der Waals surface area contributed by atoms with E-state index in [9.17, 15) is 19.8 Å². The van der Waals surface area contributed by atoms with E-state index in [0.29, 0.717) is 27.8 Å². The van der Waals surface area contributed by atoms with Gasteiger partial charge in [-0.25, -0.2) is 0 Å². The van der Waals surface area contributed by atoms with Gasteiger partial charge in [0.2, 0.25) is 0 Å². The molecule has 1 saturated heterocycles. The molecule has 6 N–H and O–H groups in total. The van der Waals surface area contributed by atoms with Gasteiger partial charge >= 0.3 is 0 Å². The Morgan fingerprint density at radius 2 is 1.90 bits per heavy atom. The lowest BCUT2D eigenvalue weighted by molar-refractivity contribution is 0.0134. The Hall–Kier alpha value is -2.98. The standard InChI is InChI=1S/C21H21N3O6/c1-29-9-2-3-12-10(6-9)15-16-11(20(27)24-21(16)28)4-8(17(15)23-12)5-13-18(25)19(26)14(7-22)30-13/h2-4,6,13-14,18-19,23,25-26H,5,7,22H2,1H3,(H,24,27,28)/t13?,14-,18+,19-/m1/s1. The Bertz CT molecular complexity index is 1200. The van der Waals surface area contributed by atoms with E-state index < -0.39 is 36.2 Å². The number of aromatic amines is 1. The Morgan fingerprint density at radius 1 is 1.13 bits per heavy atom. The average Bonchev–Trinajstić information content (AvgIpc) is 3.35. The number of hydrogen-bond acceptors (Lipinski definition) is 7. The molecule has 2 aromatic carbocycles. The SMILES string of the molecule is COc1ccc2[nH]c3c(CC4O[C@H](CN)[C@@H](O)[C@H]4O)cc4c(c3c2c1)C(=O)NC4=O. The molecule has 0 radical (unpaired) electrons. The smallest absolute Gasteiger partial charge is 0.259 e. The van der Waals surface area contributed by atoms with Crippen molar-refractivity contribution in [3.63, 3.8) is 0 Å². The van der Waals surface area contributed by atoms with Crippen molar-refractivity contribution in [2.45, 2.75) is 30.8 Å². The number of ether oxygens (including phenoxy) is 2. The maximum absolute atomic E-state index is 12.5. The van der Waals surface area contributed by atoms with Crippen molar-refractivity contribution in [3.8, 4) is 5.75 Å². The third kappa shape index (κ3) is 2.63. The van der Waals surface area contributed by atoms with Gasteiger partial charge in [0.1, 0.15) is 18.0 Å². The van der Waals surface area contributed by atoms with Gasteiger partial charge in [-0.1, -0.05) is 0 Å². The second kappa shape index (κ2) is 6.78. The van der Waals surface area contributed by atoms with Gasteiger partial charge < -0.3 is 30.4 Å².